The van der Waals surface area contributed by atoms with E-state index in [1.54, 1.807) is 0 Å². The number of halogens is 1. The van der Waals surface area contributed by atoms with Gasteiger partial charge in [0.25, 0.3) is 0 Å². The molecule has 4 rings (SSSR count). The normalized spacial score (nSPS) is 18.5. The van der Waals surface area contributed by atoms with E-state index >= 15 is 4.39 Å². The Morgan fingerprint density at radius 3 is 2.23 bits per heavy atom. The van der Waals surface area contributed by atoms with Gasteiger partial charge in [-0.2, -0.15) is 0 Å². The first-order valence-corrected chi connectivity index (χ1v) is 14.3. The highest BCUT2D eigenvalue weighted by Gasteiger charge is 2.23. The Bertz CT molecular complexity index is 1150. The maximum Gasteiger partial charge on any atom is 0.344 e. The van der Waals surface area contributed by atoms with Crippen LogP contribution in [-0.2, 0) is 6.42 Å². The van der Waals surface area contributed by atoms with Crippen LogP contribution in [0.5, 0.6) is 0 Å². The minimum atomic E-state index is -0.419. The lowest BCUT2D eigenvalue weighted by atomic mass is 9.76. The molecule has 3 heteroatoms. The molecule has 2 nitrogen and oxygen atoms in total. The highest BCUT2D eigenvalue weighted by Crippen LogP contribution is 2.39. The molecule has 1 heterocycles. The summed E-state index contributed by atoms with van der Waals surface area (Å²) in [4.78, 5) is 12.9. The summed E-state index contributed by atoms with van der Waals surface area (Å²) in [6.07, 6.45) is 18.2. The van der Waals surface area contributed by atoms with Gasteiger partial charge in [-0.1, -0.05) is 95.9 Å². The molecule has 0 spiro atoms. The third-order valence-electron chi connectivity index (χ3n) is 8.26. The first-order chi connectivity index (χ1) is 17.1. The summed E-state index contributed by atoms with van der Waals surface area (Å²) in [5.74, 6) is 1.00. The second-order valence-corrected chi connectivity index (χ2v) is 10.8. The number of hydrogen-bond donors (Lipinski definition) is 0. The van der Waals surface area contributed by atoms with Crippen molar-refractivity contribution >= 4 is 21.7 Å². The van der Waals surface area contributed by atoms with Crippen molar-refractivity contribution in [3.63, 3.8) is 0 Å². The maximum atomic E-state index is 15.2. The van der Waals surface area contributed by atoms with Gasteiger partial charge in [-0.05, 0) is 67.6 Å². The molecule has 0 N–H and O–H groups in total. The Balaban J connectivity index is 1.46. The van der Waals surface area contributed by atoms with Crippen molar-refractivity contribution in [3.05, 3.63) is 57.7 Å². The van der Waals surface area contributed by atoms with Crippen molar-refractivity contribution in [2.24, 2.45) is 5.92 Å². The summed E-state index contributed by atoms with van der Waals surface area (Å²) in [7, 11) is 0. The van der Waals surface area contributed by atoms with E-state index in [4.69, 9.17) is 4.42 Å². The lowest BCUT2D eigenvalue weighted by Gasteiger charge is -2.29. The van der Waals surface area contributed by atoms with Gasteiger partial charge in [-0.3, -0.25) is 0 Å². The molecule has 0 bridgehead atoms. The Morgan fingerprint density at radius 1 is 0.800 bits per heavy atom. The van der Waals surface area contributed by atoms with Crippen LogP contribution >= 0.6 is 0 Å². The van der Waals surface area contributed by atoms with Gasteiger partial charge in [0.05, 0.1) is 5.39 Å². The van der Waals surface area contributed by atoms with Crippen molar-refractivity contribution in [1.82, 2.24) is 0 Å². The van der Waals surface area contributed by atoms with E-state index in [0.717, 1.165) is 37.0 Å². The molecule has 0 amide bonds. The number of aryl methyl sites for hydroxylation is 1. The van der Waals surface area contributed by atoms with Gasteiger partial charge in [0.1, 0.15) is 0 Å². The van der Waals surface area contributed by atoms with E-state index in [1.165, 1.54) is 69.8 Å². The molecular weight excluding hydrogens is 435 g/mol. The fourth-order valence-electron chi connectivity index (χ4n) is 6.03. The number of rotatable bonds is 12. The maximum absolute atomic E-state index is 15.2. The van der Waals surface area contributed by atoms with Crippen molar-refractivity contribution in [2.45, 2.75) is 116 Å². The molecule has 35 heavy (non-hydrogen) atoms. The van der Waals surface area contributed by atoms with Gasteiger partial charge < -0.3 is 4.42 Å². The van der Waals surface area contributed by atoms with Crippen molar-refractivity contribution < 1.29 is 8.81 Å². The van der Waals surface area contributed by atoms with Crippen LogP contribution < -0.4 is 5.63 Å². The van der Waals surface area contributed by atoms with Crippen molar-refractivity contribution in [2.75, 3.05) is 0 Å². The lowest BCUT2D eigenvalue weighted by Crippen LogP contribution is -2.14. The lowest BCUT2D eigenvalue weighted by molar-refractivity contribution is 0.302. The van der Waals surface area contributed by atoms with E-state index in [-0.39, 0.29) is 11.4 Å². The summed E-state index contributed by atoms with van der Waals surface area (Å²) in [6.45, 7) is 4.44. The smallest absolute Gasteiger partial charge is 0.344 e. The molecule has 1 aromatic heterocycles. The van der Waals surface area contributed by atoms with E-state index in [9.17, 15) is 4.79 Å². The van der Waals surface area contributed by atoms with Crippen LogP contribution in [0.3, 0.4) is 0 Å². The molecule has 0 aliphatic heterocycles. The summed E-state index contributed by atoms with van der Waals surface area (Å²) in [6, 6.07) is 10.0. The SMILES string of the molecule is CCCCCCCC1CCC(c2ccc3c(c2)c(=O)oc2c(F)c(CCCCCC)ccc23)CC1. The van der Waals surface area contributed by atoms with Crippen LogP contribution in [0.25, 0.3) is 21.7 Å². The second-order valence-electron chi connectivity index (χ2n) is 10.8. The summed E-state index contributed by atoms with van der Waals surface area (Å²) >= 11 is 0. The molecule has 1 aliphatic carbocycles. The third kappa shape index (κ3) is 6.35. The van der Waals surface area contributed by atoms with Crippen LogP contribution in [0.2, 0.25) is 0 Å². The Morgan fingerprint density at radius 2 is 1.49 bits per heavy atom. The Hall–Kier alpha value is -2.16. The van der Waals surface area contributed by atoms with Gasteiger partial charge in [0.15, 0.2) is 11.4 Å². The third-order valence-corrected chi connectivity index (χ3v) is 8.26. The monoisotopic (exact) mass is 478 g/mol. The van der Waals surface area contributed by atoms with Crippen molar-refractivity contribution in [3.8, 4) is 0 Å². The topological polar surface area (TPSA) is 30.2 Å². The van der Waals surface area contributed by atoms with Gasteiger partial charge >= 0.3 is 5.63 Å². The predicted octanol–water partition coefficient (Wildman–Crippen LogP) is 9.84. The molecule has 1 saturated carbocycles. The molecule has 2 aromatic carbocycles. The standard InChI is InChI=1S/C32H43FO2/c1-3-5-7-9-10-12-23-14-16-24(17-15-23)26-19-20-27-28-21-18-25(13-11-8-6-4-2)30(33)31(28)35-32(34)29(27)22-26/h18-24H,3-17H2,1-2H3. The zero-order valence-corrected chi connectivity index (χ0v) is 21.8. The zero-order chi connectivity index (χ0) is 24.6. The second kappa shape index (κ2) is 12.7. The van der Waals surface area contributed by atoms with Crippen molar-refractivity contribution in [1.29, 1.82) is 0 Å². The average molecular weight is 479 g/mol. The molecule has 0 unspecified atom stereocenters. The van der Waals surface area contributed by atoms with Crippen LogP contribution in [0, 0.1) is 11.7 Å². The van der Waals surface area contributed by atoms with E-state index in [2.05, 4.69) is 19.9 Å². The summed E-state index contributed by atoms with van der Waals surface area (Å²) in [5, 5.41) is 2.09. The van der Waals surface area contributed by atoms with E-state index in [0.29, 0.717) is 28.7 Å². The molecule has 1 aliphatic rings. The minimum Gasteiger partial charge on any atom is -0.419 e. The number of fused-ring (bicyclic) bond motifs is 3. The molecule has 190 valence electrons. The Kier molecular flexibility index (Phi) is 9.40. The van der Waals surface area contributed by atoms with Gasteiger partial charge in [-0.15, -0.1) is 0 Å². The molecule has 3 aromatic rings. The highest BCUT2D eigenvalue weighted by atomic mass is 19.1. The fraction of sp³-hybridized carbons (Fsp3) is 0.594. The number of unbranched alkanes of at least 4 members (excludes halogenated alkanes) is 7. The first kappa shape index (κ1) is 25.9. The quantitative estimate of drug-likeness (QED) is 0.147. The first-order valence-electron chi connectivity index (χ1n) is 14.3. The molecule has 1 fully saturated rings. The van der Waals surface area contributed by atoms with Crippen LogP contribution in [0.15, 0.2) is 39.5 Å². The summed E-state index contributed by atoms with van der Waals surface area (Å²) < 4.78 is 20.8. The van der Waals surface area contributed by atoms with Gasteiger partial charge in [-0.25, -0.2) is 9.18 Å². The molecule has 0 saturated heterocycles. The largest absolute Gasteiger partial charge is 0.419 e. The van der Waals surface area contributed by atoms with Crippen LogP contribution in [0.4, 0.5) is 4.39 Å². The van der Waals surface area contributed by atoms with E-state index in [1.807, 2.05) is 24.3 Å². The zero-order valence-electron chi connectivity index (χ0n) is 21.8. The average Bonchev–Trinajstić information content (AvgIpc) is 2.88. The fourth-order valence-corrected chi connectivity index (χ4v) is 6.03. The molecule has 0 atom stereocenters. The number of hydrogen-bond acceptors (Lipinski definition) is 2. The molecule has 0 radical (unpaired) electrons. The van der Waals surface area contributed by atoms with E-state index < -0.39 is 5.63 Å². The summed E-state index contributed by atoms with van der Waals surface area (Å²) in [5.41, 5.74) is 1.58. The Labute approximate surface area is 210 Å². The molecular formula is C32H43FO2. The predicted molar refractivity (Wildman–Crippen MR) is 146 cm³/mol. The number of benzene rings is 2. The van der Waals surface area contributed by atoms with Gasteiger partial charge in [0, 0.05) is 10.8 Å². The van der Waals surface area contributed by atoms with Crippen LogP contribution in [-0.4, -0.2) is 0 Å². The minimum absolute atomic E-state index is 0.114. The highest BCUT2D eigenvalue weighted by molar-refractivity contribution is 6.04. The van der Waals surface area contributed by atoms with Gasteiger partial charge in [0.2, 0.25) is 0 Å². The van der Waals surface area contributed by atoms with Crippen LogP contribution in [0.1, 0.15) is 121 Å².